The van der Waals surface area contributed by atoms with Crippen LogP contribution in [-0.4, -0.2) is 23.2 Å². The van der Waals surface area contributed by atoms with Crippen LogP contribution in [0.5, 0.6) is 5.75 Å². The number of carbonyl (C=O) groups is 1. The maximum atomic E-state index is 11.0. The molecule has 0 amide bonds. The summed E-state index contributed by atoms with van der Waals surface area (Å²) in [6.45, 7) is 1.66. The lowest BCUT2D eigenvalue weighted by atomic mass is 10.1. The second kappa shape index (κ2) is 5.28. The highest BCUT2D eigenvalue weighted by atomic mass is 35.5. The van der Waals surface area contributed by atoms with Crippen molar-refractivity contribution in [2.75, 3.05) is 7.11 Å². The SMILES string of the molecule is COc1ccc(Cl)cc1-c1ccc(C(=O)O)c(C)n1. The largest absolute Gasteiger partial charge is 0.496 e. The zero-order chi connectivity index (χ0) is 14.0. The monoisotopic (exact) mass is 277 g/mol. The van der Waals surface area contributed by atoms with Crippen molar-refractivity contribution in [2.45, 2.75) is 6.92 Å². The number of pyridine rings is 1. The van der Waals surface area contributed by atoms with Gasteiger partial charge in [0, 0.05) is 10.6 Å². The fraction of sp³-hybridized carbons (Fsp3) is 0.143. The molecule has 19 heavy (non-hydrogen) atoms. The average Bonchev–Trinajstić information content (AvgIpc) is 2.38. The Morgan fingerprint density at radius 3 is 2.63 bits per heavy atom. The number of rotatable bonds is 3. The molecular weight excluding hydrogens is 266 g/mol. The first-order valence-electron chi connectivity index (χ1n) is 5.58. The van der Waals surface area contributed by atoms with Gasteiger partial charge in [-0.2, -0.15) is 0 Å². The van der Waals surface area contributed by atoms with Gasteiger partial charge in [-0.1, -0.05) is 11.6 Å². The van der Waals surface area contributed by atoms with E-state index in [1.807, 2.05) is 0 Å². The lowest BCUT2D eigenvalue weighted by molar-refractivity contribution is 0.0695. The third-order valence-electron chi connectivity index (χ3n) is 2.75. The first kappa shape index (κ1) is 13.4. The molecule has 0 radical (unpaired) electrons. The summed E-state index contributed by atoms with van der Waals surface area (Å²) in [7, 11) is 1.56. The van der Waals surface area contributed by atoms with Crippen LogP contribution >= 0.6 is 11.6 Å². The van der Waals surface area contributed by atoms with Gasteiger partial charge in [0.2, 0.25) is 0 Å². The molecule has 1 aromatic heterocycles. The van der Waals surface area contributed by atoms with Crippen molar-refractivity contribution in [3.8, 4) is 17.0 Å². The molecule has 1 aromatic carbocycles. The summed E-state index contributed by atoms with van der Waals surface area (Å²) in [6, 6.07) is 8.38. The highest BCUT2D eigenvalue weighted by molar-refractivity contribution is 6.30. The molecule has 0 aliphatic carbocycles. The number of aromatic carboxylic acids is 1. The van der Waals surface area contributed by atoms with E-state index < -0.39 is 5.97 Å². The summed E-state index contributed by atoms with van der Waals surface area (Å²) in [5.74, 6) is -0.353. The van der Waals surface area contributed by atoms with Crippen molar-refractivity contribution in [3.63, 3.8) is 0 Å². The zero-order valence-electron chi connectivity index (χ0n) is 10.5. The predicted octanol–water partition coefficient (Wildman–Crippen LogP) is 3.42. The Hall–Kier alpha value is -2.07. The van der Waals surface area contributed by atoms with Crippen LogP contribution in [0.4, 0.5) is 0 Å². The van der Waals surface area contributed by atoms with E-state index in [-0.39, 0.29) is 5.56 Å². The molecule has 0 saturated carbocycles. The number of methoxy groups -OCH3 is 1. The van der Waals surface area contributed by atoms with E-state index in [0.717, 1.165) is 5.56 Å². The molecule has 0 saturated heterocycles. The third-order valence-corrected chi connectivity index (χ3v) is 2.99. The fourth-order valence-electron chi connectivity index (χ4n) is 1.82. The van der Waals surface area contributed by atoms with Gasteiger partial charge in [-0.15, -0.1) is 0 Å². The van der Waals surface area contributed by atoms with E-state index in [4.69, 9.17) is 21.4 Å². The second-order valence-electron chi connectivity index (χ2n) is 3.98. The molecule has 5 heteroatoms. The lowest BCUT2D eigenvalue weighted by Crippen LogP contribution is -2.02. The number of benzene rings is 1. The number of aromatic nitrogens is 1. The van der Waals surface area contributed by atoms with Crippen molar-refractivity contribution in [3.05, 3.63) is 46.6 Å². The Kier molecular flexibility index (Phi) is 3.71. The molecule has 0 aliphatic rings. The minimum Gasteiger partial charge on any atom is -0.496 e. The van der Waals surface area contributed by atoms with E-state index in [1.165, 1.54) is 6.07 Å². The Morgan fingerprint density at radius 2 is 2.05 bits per heavy atom. The number of halogens is 1. The van der Waals surface area contributed by atoms with Gasteiger partial charge in [-0.05, 0) is 37.3 Å². The van der Waals surface area contributed by atoms with Gasteiger partial charge in [0.1, 0.15) is 5.75 Å². The summed E-state index contributed by atoms with van der Waals surface area (Å²) < 4.78 is 5.26. The molecule has 0 unspecified atom stereocenters. The topological polar surface area (TPSA) is 59.4 Å². The molecule has 1 N–H and O–H groups in total. The van der Waals surface area contributed by atoms with Crippen LogP contribution in [0.25, 0.3) is 11.3 Å². The number of hydrogen-bond acceptors (Lipinski definition) is 3. The van der Waals surface area contributed by atoms with E-state index >= 15 is 0 Å². The van der Waals surface area contributed by atoms with Crippen LogP contribution in [0.2, 0.25) is 5.02 Å². The number of ether oxygens (including phenoxy) is 1. The molecule has 98 valence electrons. The normalized spacial score (nSPS) is 10.3. The number of aryl methyl sites for hydroxylation is 1. The van der Waals surface area contributed by atoms with Gasteiger partial charge in [0.15, 0.2) is 0 Å². The summed E-state index contributed by atoms with van der Waals surface area (Å²) in [6.07, 6.45) is 0. The first-order chi connectivity index (χ1) is 9.02. The summed E-state index contributed by atoms with van der Waals surface area (Å²) >= 11 is 5.97. The molecule has 0 aliphatic heterocycles. The predicted molar refractivity (Wildman–Crippen MR) is 72.9 cm³/mol. The van der Waals surface area contributed by atoms with Crippen LogP contribution in [0.15, 0.2) is 30.3 Å². The molecule has 2 aromatic rings. The fourth-order valence-corrected chi connectivity index (χ4v) is 1.99. The molecule has 2 rings (SSSR count). The summed E-state index contributed by atoms with van der Waals surface area (Å²) in [4.78, 5) is 15.3. The smallest absolute Gasteiger partial charge is 0.337 e. The molecule has 0 fully saturated rings. The molecule has 4 nitrogen and oxygen atoms in total. The van der Waals surface area contributed by atoms with E-state index in [2.05, 4.69) is 4.98 Å². The Labute approximate surface area is 115 Å². The Morgan fingerprint density at radius 1 is 1.32 bits per heavy atom. The molecular formula is C14H12ClNO3. The van der Waals surface area contributed by atoms with Crippen LogP contribution in [-0.2, 0) is 0 Å². The van der Waals surface area contributed by atoms with Crippen LogP contribution < -0.4 is 4.74 Å². The summed E-state index contributed by atoms with van der Waals surface area (Å²) in [5, 5.41) is 9.55. The van der Waals surface area contributed by atoms with E-state index in [9.17, 15) is 4.79 Å². The maximum absolute atomic E-state index is 11.0. The number of carboxylic acid groups (broad SMARTS) is 1. The maximum Gasteiger partial charge on any atom is 0.337 e. The van der Waals surface area contributed by atoms with Crippen LogP contribution in [0.3, 0.4) is 0 Å². The van der Waals surface area contributed by atoms with Gasteiger partial charge in [0.25, 0.3) is 0 Å². The second-order valence-corrected chi connectivity index (χ2v) is 4.42. The van der Waals surface area contributed by atoms with Crippen LogP contribution in [0.1, 0.15) is 16.1 Å². The number of nitrogens with zero attached hydrogens (tertiary/aromatic N) is 1. The molecule has 1 heterocycles. The van der Waals surface area contributed by atoms with Crippen molar-refractivity contribution in [1.29, 1.82) is 0 Å². The van der Waals surface area contributed by atoms with Gasteiger partial charge in [0.05, 0.1) is 24.1 Å². The zero-order valence-corrected chi connectivity index (χ0v) is 11.2. The Balaban J connectivity index is 2.56. The molecule has 0 spiro atoms. The molecule has 0 bridgehead atoms. The van der Waals surface area contributed by atoms with Crippen molar-refractivity contribution < 1.29 is 14.6 Å². The summed E-state index contributed by atoms with van der Waals surface area (Å²) in [5.41, 5.74) is 1.99. The van der Waals surface area contributed by atoms with Crippen molar-refractivity contribution >= 4 is 17.6 Å². The molecule has 0 atom stereocenters. The standard InChI is InChI=1S/C14H12ClNO3/c1-8-10(14(17)18)4-5-12(16-8)11-7-9(15)3-6-13(11)19-2/h3-7H,1-2H3,(H,17,18). The van der Waals surface area contributed by atoms with E-state index in [1.54, 1.807) is 38.3 Å². The number of hydrogen-bond donors (Lipinski definition) is 1. The first-order valence-corrected chi connectivity index (χ1v) is 5.95. The van der Waals surface area contributed by atoms with Crippen molar-refractivity contribution in [2.24, 2.45) is 0 Å². The van der Waals surface area contributed by atoms with Crippen LogP contribution in [0, 0.1) is 6.92 Å². The highest BCUT2D eigenvalue weighted by Gasteiger charge is 2.12. The van der Waals surface area contributed by atoms with Gasteiger partial charge in [-0.25, -0.2) is 4.79 Å². The minimum atomic E-state index is -0.991. The highest BCUT2D eigenvalue weighted by Crippen LogP contribution is 2.31. The van der Waals surface area contributed by atoms with Crippen molar-refractivity contribution in [1.82, 2.24) is 4.98 Å². The van der Waals surface area contributed by atoms with Gasteiger partial charge in [-0.3, -0.25) is 4.98 Å². The lowest BCUT2D eigenvalue weighted by Gasteiger charge is -2.10. The Bertz CT molecular complexity index is 641. The minimum absolute atomic E-state index is 0.185. The third kappa shape index (κ3) is 2.69. The van der Waals surface area contributed by atoms with E-state index in [0.29, 0.717) is 22.2 Å². The quantitative estimate of drug-likeness (QED) is 0.934. The number of carboxylic acids is 1. The van der Waals surface area contributed by atoms with Gasteiger partial charge < -0.3 is 9.84 Å². The average molecular weight is 278 g/mol. The van der Waals surface area contributed by atoms with Gasteiger partial charge >= 0.3 is 5.97 Å².